The molecule has 0 aliphatic rings. The van der Waals surface area contributed by atoms with E-state index in [1.54, 1.807) is 6.92 Å². The lowest BCUT2D eigenvalue weighted by atomic mass is 10.1. The third-order valence-corrected chi connectivity index (χ3v) is 2.49. The maximum atomic E-state index is 11.0. The van der Waals surface area contributed by atoms with Crippen molar-refractivity contribution in [3.8, 4) is 5.75 Å². The molecule has 0 saturated carbocycles. The molecule has 1 aromatic heterocycles. The molecule has 0 saturated heterocycles. The van der Waals surface area contributed by atoms with Crippen LogP contribution in [0.3, 0.4) is 0 Å². The van der Waals surface area contributed by atoms with Crippen LogP contribution < -0.4 is 5.32 Å². The molecule has 0 aliphatic heterocycles. The predicted octanol–water partition coefficient (Wildman–Crippen LogP) is 0.134. The summed E-state index contributed by atoms with van der Waals surface area (Å²) >= 11 is 3.82. The van der Waals surface area contributed by atoms with Crippen LogP contribution in [-0.2, 0) is 17.9 Å². The smallest absolute Gasteiger partial charge is 0.229 e. The van der Waals surface area contributed by atoms with Crippen LogP contribution in [0.1, 0.15) is 16.8 Å². The summed E-state index contributed by atoms with van der Waals surface area (Å²) in [5, 5.41) is 21.4. The highest BCUT2D eigenvalue weighted by atomic mass is 32.1. The van der Waals surface area contributed by atoms with E-state index in [1.807, 2.05) is 0 Å². The van der Waals surface area contributed by atoms with E-state index < -0.39 is 0 Å². The molecular formula is C10H14N2O3S. The molecule has 0 spiro atoms. The Hall–Kier alpha value is -1.27. The molecule has 0 atom stereocenters. The van der Waals surface area contributed by atoms with E-state index in [4.69, 9.17) is 5.11 Å². The van der Waals surface area contributed by atoms with Crippen molar-refractivity contribution in [1.29, 1.82) is 0 Å². The second-order valence-electron chi connectivity index (χ2n) is 3.29. The normalized spacial score (nSPS) is 10.2. The number of amides is 1. The van der Waals surface area contributed by atoms with Crippen molar-refractivity contribution in [1.82, 2.24) is 10.3 Å². The van der Waals surface area contributed by atoms with E-state index in [1.165, 1.54) is 6.20 Å². The summed E-state index contributed by atoms with van der Waals surface area (Å²) in [7, 11) is 0. The van der Waals surface area contributed by atoms with Gasteiger partial charge in [0, 0.05) is 23.9 Å². The summed E-state index contributed by atoms with van der Waals surface area (Å²) in [6, 6.07) is 0. The summed E-state index contributed by atoms with van der Waals surface area (Å²) in [6.07, 6.45) is 1.48. The standard InChI is InChI=1S/C10H14N2O3S/c1-6-10(15)8(3-12-9(14)5-16)7(4-13)2-11-6/h2,13,15-16H,3-5H2,1H3,(H,12,14). The van der Waals surface area contributed by atoms with Gasteiger partial charge >= 0.3 is 0 Å². The maximum Gasteiger partial charge on any atom is 0.229 e. The Bertz CT molecular complexity index is 396. The van der Waals surface area contributed by atoms with Gasteiger partial charge in [-0.05, 0) is 6.92 Å². The Morgan fingerprint density at radius 3 is 2.88 bits per heavy atom. The van der Waals surface area contributed by atoms with Crippen molar-refractivity contribution >= 4 is 18.5 Å². The molecule has 5 nitrogen and oxygen atoms in total. The minimum atomic E-state index is -0.235. The molecule has 0 unspecified atom stereocenters. The average Bonchev–Trinajstić information content (AvgIpc) is 2.30. The van der Waals surface area contributed by atoms with Crippen LogP contribution >= 0.6 is 12.6 Å². The maximum absolute atomic E-state index is 11.0. The topological polar surface area (TPSA) is 82.5 Å². The van der Waals surface area contributed by atoms with Crippen LogP contribution in [0.25, 0.3) is 0 Å². The molecule has 0 aliphatic carbocycles. The van der Waals surface area contributed by atoms with Crippen molar-refractivity contribution in [2.45, 2.75) is 20.1 Å². The molecule has 1 aromatic rings. The van der Waals surface area contributed by atoms with E-state index in [0.29, 0.717) is 16.8 Å². The van der Waals surface area contributed by atoms with Crippen LogP contribution in [0.15, 0.2) is 6.20 Å². The Labute approximate surface area is 98.9 Å². The van der Waals surface area contributed by atoms with Gasteiger partial charge in [-0.25, -0.2) is 0 Å². The number of nitrogens with one attached hydrogen (secondary N) is 1. The molecule has 3 N–H and O–H groups in total. The number of pyridine rings is 1. The highest BCUT2D eigenvalue weighted by molar-refractivity contribution is 7.81. The number of hydrogen-bond donors (Lipinski definition) is 4. The third kappa shape index (κ3) is 2.86. The van der Waals surface area contributed by atoms with Gasteiger partial charge in [0.25, 0.3) is 0 Å². The summed E-state index contributed by atoms with van der Waals surface area (Å²) in [5.74, 6) is -0.147. The van der Waals surface area contributed by atoms with E-state index >= 15 is 0 Å². The fourth-order valence-corrected chi connectivity index (χ4v) is 1.37. The number of carbonyl (C=O) groups excluding carboxylic acids is 1. The van der Waals surface area contributed by atoms with E-state index in [-0.39, 0.29) is 30.6 Å². The van der Waals surface area contributed by atoms with Crippen LogP contribution in [0.5, 0.6) is 5.75 Å². The molecule has 0 fully saturated rings. The van der Waals surface area contributed by atoms with Gasteiger partial charge < -0.3 is 15.5 Å². The molecule has 0 radical (unpaired) electrons. The quantitative estimate of drug-likeness (QED) is 0.566. The Morgan fingerprint density at radius 2 is 2.31 bits per heavy atom. The minimum Gasteiger partial charge on any atom is -0.506 e. The molecule has 0 aromatic carbocycles. The lowest BCUT2D eigenvalue weighted by Gasteiger charge is -2.11. The fourth-order valence-electron chi connectivity index (χ4n) is 1.26. The molecule has 1 amide bonds. The molecular weight excluding hydrogens is 228 g/mol. The Kier molecular flexibility index (Phi) is 4.57. The Balaban J connectivity index is 2.92. The summed E-state index contributed by atoms with van der Waals surface area (Å²) in [5.41, 5.74) is 1.46. The van der Waals surface area contributed by atoms with Gasteiger partial charge in [0.05, 0.1) is 18.1 Å². The number of aliphatic hydroxyl groups is 1. The largest absolute Gasteiger partial charge is 0.506 e. The first-order chi connectivity index (χ1) is 7.60. The van der Waals surface area contributed by atoms with Crippen molar-refractivity contribution in [2.24, 2.45) is 0 Å². The first-order valence-electron chi connectivity index (χ1n) is 4.74. The summed E-state index contributed by atoms with van der Waals surface area (Å²) < 4.78 is 0. The SMILES string of the molecule is Cc1ncc(CO)c(CNC(=O)CS)c1O. The Morgan fingerprint density at radius 1 is 1.62 bits per heavy atom. The van der Waals surface area contributed by atoms with Crippen molar-refractivity contribution in [3.05, 3.63) is 23.0 Å². The van der Waals surface area contributed by atoms with E-state index in [2.05, 4.69) is 22.9 Å². The van der Waals surface area contributed by atoms with Gasteiger partial charge in [0.15, 0.2) is 0 Å². The van der Waals surface area contributed by atoms with Gasteiger partial charge in [-0.2, -0.15) is 12.6 Å². The zero-order chi connectivity index (χ0) is 12.1. The number of aromatic nitrogens is 1. The number of nitrogens with zero attached hydrogens (tertiary/aromatic N) is 1. The predicted molar refractivity (Wildman–Crippen MR) is 62.3 cm³/mol. The minimum absolute atomic E-state index is 0.00557. The van der Waals surface area contributed by atoms with Crippen molar-refractivity contribution < 1.29 is 15.0 Å². The zero-order valence-corrected chi connectivity index (χ0v) is 9.79. The van der Waals surface area contributed by atoms with Gasteiger partial charge in [-0.15, -0.1) is 0 Å². The fraction of sp³-hybridized carbons (Fsp3) is 0.400. The molecule has 16 heavy (non-hydrogen) atoms. The molecule has 1 rings (SSSR count). The highest BCUT2D eigenvalue weighted by Gasteiger charge is 2.11. The number of carbonyl (C=O) groups is 1. The highest BCUT2D eigenvalue weighted by Crippen LogP contribution is 2.23. The number of rotatable bonds is 4. The lowest BCUT2D eigenvalue weighted by Crippen LogP contribution is -2.24. The molecule has 6 heteroatoms. The van der Waals surface area contributed by atoms with Gasteiger partial charge in [-0.3, -0.25) is 9.78 Å². The first-order valence-corrected chi connectivity index (χ1v) is 5.38. The van der Waals surface area contributed by atoms with Gasteiger partial charge in [0.1, 0.15) is 5.75 Å². The monoisotopic (exact) mass is 242 g/mol. The van der Waals surface area contributed by atoms with Crippen molar-refractivity contribution in [3.63, 3.8) is 0 Å². The number of aromatic hydroxyl groups is 1. The average molecular weight is 242 g/mol. The third-order valence-electron chi connectivity index (χ3n) is 2.21. The molecule has 1 heterocycles. The molecule has 0 bridgehead atoms. The van der Waals surface area contributed by atoms with Crippen LogP contribution in [-0.4, -0.2) is 26.9 Å². The number of aryl methyl sites for hydroxylation is 1. The van der Waals surface area contributed by atoms with Crippen LogP contribution in [0.4, 0.5) is 0 Å². The number of thiol groups is 1. The summed E-state index contributed by atoms with van der Waals surface area (Å²) in [4.78, 5) is 15.0. The molecule has 88 valence electrons. The van der Waals surface area contributed by atoms with E-state index in [9.17, 15) is 9.90 Å². The second kappa shape index (κ2) is 5.72. The van der Waals surface area contributed by atoms with Crippen LogP contribution in [0.2, 0.25) is 0 Å². The number of aliphatic hydroxyl groups excluding tert-OH is 1. The van der Waals surface area contributed by atoms with Crippen molar-refractivity contribution in [2.75, 3.05) is 5.75 Å². The second-order valence-corrected chi connectivity index (χ2v) is 3.61. The first kappa shape index (κ1) is 12.8. The van der Waals surface area contributed by atoms with Gasteiger partial charge in [0.2, 0.25) is 5.91 Å². The zero-order valence-electron chi connectivity index (χ0n) is 8.90. The van der Waals surface area contributed by atoms with Gasteiger partial charge in [-0.1, -0.05) is 0 Å². The van der Waals surface area contributed by atoms with Crippen LogP contribution in [0, 0.1) is 6.92 Å². The van der Waals surface area contributed by atoms with E-state index in [0.717, 1.165) is 0 Å². The number of hydrogen-bond acceptors (Lipinski definition) is 5. The summed E-state index contributed by atoms with van der Waals surface area (Å²) in [6.45, 7) is 1.58. The lowest BCUT2D eigenvalue weighted by molar-refractivity contribution is -0.118.